The molecule has 3 fully saturated rings. The van der Waals surface area contributed by atoms with Crippen LogP contribution in [0.25, 0.3) is 0 Å². The fourth-order valence-corrected chi connectivity index (χ4v) is 6.73. The molecule has 1 N–H and O–H groups in total. The lowest BCUT2D eigenvalue weighted by molar-refractivity contribution is 0.193. The molecule has 1 aliphatic carbocycles. The highest BCUT2D eigenvalue weighted by Crippen LogP contribution is 2.52. The molecule has 6 nitrogen and oxygen atoms in total. The zero-order valence-electron chi connectivity index (χ0n) is 16.6. The summed E-state index contributed by atoms with van der Waals surface area (Å²) in [5.74, 6) is 0.851. The molecule has 8 heteroatoms. The van der Waals surface area contributed by atoms with Crippen molar-refractivity contribution in [1.29, 1.82) is 0 Å². The van der Waals surface area contributed by atoms with Gasteiger partial charge >= 0.3 is 0 Å². The lowest BCUT2D eigenvalue weighted by Gasteiger charge is -2.43. The second-order valence-electron chi connectivity index (χ2n) is 8.72. The first-order valence-electron chi connectivity index (χ1n) is 9.80. The van der Waals surface area contributed by atoms with Crippen LogP contribution in [0.1, 0.15) is 46.5 Å². The summed E-state index contributed by atoms with van der Waals surface area (Å²) in [5, 5.41) is 4.77. The van der Waals surface area contributed by atoms with E-state index in [9.17, 15) is 8.42 Å². The maximum Gasteiger partial charge on any atom is 0.211 e. The van der Waals surface area contributed by atoms with Gasteiger partial charge in [0.05, 0.1) is 12.8 Å². The van der Waals surface area contributed by atoms with Crippen LogP contribution in [0.15, 0.2) is 4.99 Å². The zero-order chi connectivity index (χ0) is 19.0. The number of aliphatic imine (C=N–C) groups is 1. The van der Waals surface area contributed by atoms with E-state index in [1.54, 1.807) is 4.31 Å². The third-order valence-corrected chi connectivity index (χ3v) is 9.44. The molecule has 3 rings (SSSR count). The Kier molecular flexibility index (Phi) is 5.97. The normalized spacial score (nSPS) is 35.1. The maximum atomic E-state index is 11.6. The monoisotopic (exact) mass is 402 g/mol. The van der Waals surface area contributed by atoms with E-state index < -0.39 is 10.0 Å². The molecule has 0 atom stereocenters. The number of nitrogens with one attached hydrogen (secondary N) is 1. The summed E-state index contributed by atoms with van der Waals surface area (Å²) >= 11 is 1.97. The highest BCUT2D eigenvalue weighted by molar-refractivity contribution is 8.15. The van der Waals surface area contributed by atoms with Crippen molar-refractivity contribution in [2.75, 3.05) is 45.5 Å². The second kappa shape index (κ2) is 7.60. The Hall–Kier alpha value is -0.310. The molecule has 2 saturated heterocycles. The third-order valence-electron chi connectivity index (χ3n) is 6.40. The Morgan fingerprint density at radius 1 is 1.19 bits per heavy atom. The minimum Gasteiger partial charge on any atom is -0.359 e. The Balaban J connectivity index is 1.50. The molecular weight excluding hydrogens is 368 g/mol. The largest absolute Gasteiger partial charge is 0.359 e. The number of rotatable bonds is 4. The van der Waals surface area contributed by atoms with Gasteiger partial charge in [0.2, 0.25) is 10.0 Å². The van der Waals surface area contributed by atoms with Gasteiger partial charge in [-0.25, -0.2) is 8.42 Å². The van der Waals surface area contributed by atoms with Gasteiger partial charge in [-0.1, -0.05) is 18.7 Å². The van der Waals surface area contributed by atoms with Gasteiger partial charge in [-0.05, 0) is 45.4 Å². The smallest absolute Gasteiger partial charge is 0.211 e. The molecule has 26 heavy (non-hydrogen) atoms. The molecule has 0 bridgehead atoms. The standard InChI is InChI=1S/C18H34N4O2S2/c1-15-5-7-18(8-6-15)17(2,3)20-16(25-18)19-9-10-21-11-13-22(14-12-21)26(4,23)24/h15H,5-14H2,1-4H3,(H,19,20). The fraction of sp³-hybridized carbons (Fsp3) is 0.944. The summed E-state index contributed by atoms with van der Waals surface area (Å²) in [6.45, 7) is 11.5. The third kappa shape index (κ3) is 4.39. The van der Waals surface area contributed by atoms with Crippen LogP contribution >= 0.6 is 11.8 Å². The van der Waals surface area contributed by atoms with Crippen molar-refractivity contribution in [3.05, 3.63) is 0 Å². The molecule has 0 aromatic heterocycles. The molecule has 150 valence electrons. The molecule has 0 radical (unpaired) electrons. The van der Waals surface area contributed by atoms with Gasteiger partial charge in [-0.15, -0.1) is 0 Å². The average Bonchev–Trinajstić information content (AvgIpc) is 2.80. The van der Waals surface area contributed by atoms with E-state index in [-0.39, 0.29) is 5.54 Å². The predicted octanol–water partition coefficient (Wildman–Crippen LogP) is 1.98. The summed E-state index contributed by atoms with van der Waals surface area (Å²) < 4.78 is 25.0. The van der Waals surface area contributed by atoms with Gasteiger partial charge in [0, 0.05) is 43.0 Å². The van der Waals surface area contributed by atoms with E-state index in [4.69, 9.17) is 4.99 Å². The lowest BCUT2D eigenvalue weighted by atomic mass is 9.73. The van der Waals surface area contributed by atoms with Crippen LogP contribution in [-0.4, -0.2) is 78.6 Å². The predicted molar refractivity (Wildman–Crippen MR) is 110 cm³/mol. The molecule has 2 heterocycles. The van der Waals surface area contributed by atoms with Gasteiger partial charge in [0.25, 0.3) is 0 Å². The minimum atomic E-state index is -3.05. The van der Waals surface area contributed by atoms with Crippen LogP contribution in [-0.2, 0) is 10.0 Å². The van der Waals surface area contributed by atoms with Gasteiger partial charge < -0.3 is 5.32 Å². The second-order valence-corrected chi connectivity index (χ2v) is 12.1. The van der Waals surface area contributed by atoms with Crippen molar-refractivity contribution in [2.45, 2.75) is 56.7 Å². The summed E-state index contributed by atoms with van der Waals surface area (Å²) in [7, 11) is -3.05. The first kappa shape index (κ1) is 20.4. The highest BCUT2D eigenvalue weighted by atomic mass is 32.2. The van der Waals surface area contributed by atoms with Crippen LogP contribution < -0.4 is 5.32 Å². The van der Waals surface area contributed by atoms with Gasteiger partial charge in [0.15, 0.2) is 5.17 Å². The number of sulfonamides is 1. The molecular formula is C18H34N4O2S2. The summed E-state index contributed by atoms with van der Waals surface area (Å²) in [4.78, 5) is 7.16. The summed E-state index contributed by atoms with van der Waals surface area (Å²) in [6.07, 6.45) is 6.46. The SMILES string of the molecule is CC1CCC2(CC1)SC(=NCCN1CCN(S(C)(=O)=O)CC1)NC2(C)C. The van der Waals surface area contributed by atoms with Crippen molar-refractivity contribution in [3.8, 4) is 0 Å². The van der Waals surface area contributed by atoms with Crippen LogP contribution in [0, 0.1) is 5.92 Å². The summed E-state index contributed by atoms with van der Waals surface area (Å²) in [5.41, 5.74) is 0.0950. The number of hydrogen-bond acceptors (Lipinski definition) is 5. The number of hydrogen-bond donors (Lipinski definition) is 1. The minimum absolute atomic E-state index is 0.0950. The first-order chi connectivity index (χ1) is 12.1. The van der Waals surface area contributed by atoms with E-state index in [1.165, 1.54) is 31.9 Å². The van der Waals surface area contributed by atoms with Crippen LogP contribution in [0.4, 0.5) is 0 Å². The van der Waals surface area contributed by atoms with E-state index in [0.29, 0.717) is 17.8 Å². The number of nitrogens with zero attached hydrogens (tertiary/aromatic N) is 3. The Morgan fingerprint density at radius 2 is 1.81 bits per heavy atom. The molecule has 0 aromatic rings. The van der Waals surface area contributed by atoms with Gasteiger partial charge in [-0.2, -0.15) is 4.31 Å². The number of piperazine rings is 1. The van der Waals surface area contributed by atoms with Crippen molar-refractivity contribution >= 4 is 27.0 Å². The topological polar surface area (TPSA) is 65.0 Å². The quantitative estimate of drug-likeness (QED) is 0.779. The highest BCUT2D eigenvalue weighted by Gasteiger charge is 2.53. The molecule has 0 amide bonds. The van der Waals surface area contributed by atoms with Crippen LogP contribution in [0.3, 0.4) is 0 Å². The van der Waals surface area contributed by atoms with Gasteiger partial charge in [0.1, 0.15) is 0 Å². The number of amidine groups is 1. The van der Waals surface area contributed by atoms with Crippen molar-refractivity contribution in [3.63, 3.8) is 0 Å². The molecule has 2 aliphatic heterocycles. The Labute approximate surface area is 163 Å². The van der Waals surface area contributed by atoms with Gasteiger partial charge in [-0.3, -0.25) is 9.89 Å². The first-order valence-corrected chi connectivity index (χ1v) is 12.5. The summed E-state index contributed by atoms with van der Waals surface area (Å²) in [6, 6.07) is 0. The molecule has 1 saturated carbocycles. The Bertz CT molecular complexity index is 632. The van der Waals surface area contributed by atoms with E-state index in [1.807, 2.05) is 11.8 Å². The molecule has 3 aliphatic rings. The van der Waals surface area contributed by atoms with Crippen LogP contribution in [0.5, 0.6) is 0 Å². The van der Waals surface area contributed by atoms with E-state index in [0.717, 1.165) is 37.3 Å². The zero-order valence-corrected chi connectivity index (χ0v) is 18.3. The molecule has 0 unspecified atom stereocenters. The average molecular weight is 403 g/mol. The van der Waals surface area contributed by atoms with E-state index in [2.05, 4.69) is 31.0 Å². The fourth-order valence-electron chi connectivity index (χ4n) is 4.32. The van der Waals surface area contributed by atoms with Crippen LogP contribution in [0.2, 0.25) is 0 Å². The van der Waals surface area contributed by atoms with Crippen molar-refractivity contribution in [2.24, 2.45) is 10.9 Å². The molecule has 0 aromatic carbocycles. The van der Waals surface area contributed by atoms with Crippen molar-refractivity contribution in [1.82, 2.24) is 14.5 Å². The molecule has 1 spiro atoms. The number of thioether (sulfide) groups is 1. The van der Waals surface area contributed by atoms with E-state index >= 15 is 0 Å². The lowest BCUT2D eigenvalue weighted by Crippen LogP contribution is -2.52. The Morgan fingerprint density at radius 3 is 2.38 bits per heavy atom. The maximum absolute atomic E-state index is 11.6. The van der Waals surface area contributed by atoms with Crippen molar-refractivity contribution < 1.29 is 8.42 Å².